The third kappa shape index (κ3) is 4.64. The zero-order chi connectivity index (χ0) is 19.2. The van der Waals surface area contributed by atoms with E-state index >= 15 is 0 Å². The van der Waals surface area contributed by atoms with E-state index in [1.54, 1.807) is 4.68 Å². The van der Waals surface area contributed by atoms with Crippen LogP contribution in [0.5, 0.6) is 0 Å². The molecule has 6 nitrogen and oxygen atoms in total. The molecule has 144 valence electrons. The summed E-state index contributed by atoms with van der Waals surface area (Å²) in [6.07, 6.45) is 3.29. The van der Waals surface area contributed by atoms with Crippen LogP contribution in [0.25, 0.3) is 0 Å². The number of amides is 1. The van der Waals surface area contributed by atoms with Gasteiger partial charge in [-0.1, -0.05) is 65.9 Å². The predicted molar refractivity (Wildman–Crippen MR) is 105 cm³/mol. The first-order chi connectivity index (χ1) is 13.8. The van der Waals surface area contributed by atoms with Gasteiger partial charge in [0, 0.05) is 12.5 Å². The maximum Gasteiger partial charge on any atom is 0.224 e. The van der Waals surface area contributed by atoms with Gasteiger partial charge in [0.15, 0.2) is 0 Å². The van der Waals surface area contributed by atoms with Crippen molar-refractivity contribution in [1.29, 1.82) is 0 Å². The molecule has 6 heteroatoms. The highest BCUT2D eigenvalue weighted by Gasteiger charge is 2.24. The SMILES string of the molecule is O=C1N[C@@H](c2ccccc2)COCc2cn(nn2)CC[C@@H]1Cc1ccccc1. The van der Waals surface area contributed by atoms with Gasteiger partial charge in [-0.2, -0.15) is 0 Å². The molecular weight excluding hydrogens is 352 g/mol. The maximum atomic E-state index is 13.2. The number of fused-ring (bicyclic) bond motifs is 2. The maximum absolute atomic E-state index is 13.2. The van der Waals surface area contributed by atoms with E-state index in [1.165, 1.54) is 0 Å². The molecule has 4 rings (SSSR count). The summed E-state index contributed by atoms with van der Waals surface area (Å²) in [4.78, 5) is 13.2. The van der Waals surface area contributed by atoms with Gasteiger partial charge in [-0.05, 0) is 24.0 Å². The van der Waals surface area contributed by atoms with Gasteiger partial charge in [0.2, 0.25) is 5.91 Å². The van der Waals surface area contributed by atoms with Crippen LogP contribution in [0.4, 0.5) is 0 Å². The van der Waals surface area contributed by atoms with Crippen molar-refractivity contribution in [3.63, 3.8) is 0 Å². The van der Waals surface area contributed by atoms with E-state index in [4.69, 9.17) is 4.74 Å². The average Bonchev–Trinajstić information content (AvgIpc) is 3.19. The zero-order valence-corrected chi connectivity index (χ0v) is 15.7. The quantitative estimate of drug-likeness (QED) is 0.763. The van der Waals surface area contributed by atoms with Crippen LogP contribution in [0.3, 0.4) is 0 Å². The number of aromatic nitrogens is 3. The Morgan fingerprint density at radius 1 is 1.07 bits per heavy atom. The molecule has 0 unspecified atom stereocenters. The largest absolute Gasteiger partial charge is 0.373 e. The number of benzene rings is 2. The van der Waals surface area contributed by atoms with Crippen LogP contribution in [0.15, 0.2) is 66.9 Å². The first kappa shape index (κ1) is 18.4. The number of carbonyl (C=O) groups is 1. The fraction of sp³-hybridized carbons (Fsp3) is 0.318. The Balaban J connectivity index is 1.58. The van der Waals surface area contributed by atoms with Crippen molar-refractivity contribution in [2.24, 2.45) is 5.92 Å². The van der Waals surface area contributed by atoms with Crippen LogP contribution in [0, 0.1) is 5.92 Å². The van der Waals surface area contributed by atoms with Crippen molar-refractivity contribution >= 4 is 5.91 Å². The van der Waals surface area contributed by atoms with E-state index < -0.39 is 0 Å². The molecule has 0 saturated carbocycles. The van der Waals surface area contributed by atoms with E-state index in [0.29, 0.717) is 32.6 Å². The Bertz CT molecular complexity index is 895. The van der Waals surface area contributed by atoms with Crippen LogP contribution in [-0.2, 0) is 29.1 Å². The van der Waals surface area contributed by atoms with Crippen molar-refractivity contribution in [3.05, 3.63) is 83.7 Å². The smallest absolute Gasteiger partial charge is 0.224 e. The molecule has 0 spiro atoms. The summed E-state index contributed by atoms with van der Waals surface area (Å²) in [5, 5.41) is 11.5. The lowest BCUT2D eigenvalue weighted by molar-refractivity contribution is -0.126. The van der Waals surface area contributed by atoms with E-state index in [0.717, 1.165) is 16.8 Å². The molecule has 1 amide bonds. The Labute approximate surface area is 164 Å². The second kappa shape index (κ2) is 8.80. The number of ether oxygens (including phenoxy) is 1. The van der Waals surface area contributed by atoms with Crippen molar-refractivity contribution in [2.75, 3.05) is 6.61 Å². The minimum absolute atomic E-state index is 0.0437. The number of rotatable bonds is 3. The Kier molecular flexibility index (Phi) is 5.77. The number of nitrogens with zero attached hydrogens (tertiary/aromatic N) is 3. The number of nitrogens with one attached hydrogen (secondary N) is 1. The Morgan fingerprint density at radius 2 is 1.82 bits per heavy atom. The second-order valence-electron chi connectivity index (χ2n) is 7.14. The van der Waals surface area contributed by atoms with E-state index in [1.807, 2.05) is 54.7 Å². The van der Waals surface area contributed by atoms with Crippen LogP contribution in [0.1, 0.15) is 29.3 Å². The molecule has 3 aromatic rings. The number of hydrogen-bond acceptors (Lipinski definition) is 4. The van der Waals surface area contributed by atoms with Gasteiger partial charge >= 0.3 is 0 Å². The lowest BCUT2D eigenvalue weighted by Gasteiger charge is -2.24. The molecule has 2 atom stereocenters. The topological polar surface area (TPSA) is 69.0 Å². The highest BCUT2D eigenvalue weighted by molar-refractivity contribution is 5.79. The van der Waals surface area contributed by atoms with Gasteiger partial charge < -0.3 is 10.1 Å². The van der Waals surface area contributed by atoms with Gasteiger partial charge in [0.25, 0.3) is 0 Å². The first-order valence-corrected chi connectivity index (χ1v) is 9.64. The molecule has 1 aliphatic heterocycles. The number of carbonyl (C=O) groups excluding carboxylic acids is 1. The van der Waals surface area contributed by atoms with Gasteiger partial charge in [0.05, 0.1) is 25.5 Å². The second-order valence-corrected chi connectivity index (χ2v) is 7.14. The molecule has 1 aromatic heterocycles. The van der Waals surface area contributed by atoms with Gasteiger partial charge in [-0.25, -0.2) is 0 Å². The minimum atomic E-state index is -0.193. The monoisotopic (exact) mass is 376 g/mol. The molecule has 2 heterocycles. The molecule has 28 heavy (non-hydrogen) atoms. The van der Waals surface area contributed by atoms with Crippen LogP contribution >= 0.6 is 0 Å². The van der Waals surface area contributed by atoms with E-state index in [-0.39, 0.29) is 17.9 Å². The summed E-state index contributed by atoms with van der Waals surface area (Å²) >= 11 is 0. The molecule has 0 radical (unpaired) electrons. The summed E-state index contributed by atoms with van der Waals surface area (Å²) in [5.41, 5.74) is 3.00. The highest BCUT2D eigenvalue weighted by Crippen LogP contribution is 2.19. The predicted octanol–water partition coefficient (Wildman–Crippen LogP) is 2.91. The molecule has 0 fully saturated rings. The van der Waals surface area contributed by atoms with Gasteiger partial charge in [-0.15, -0.1) is 5.10 Å². The fourth-order valence-electron chi connectivity index (χ4n) is 3.50. The van der Waals surface area contributed by atoms with Crippen molar-refractivity contribution in [1.82, 2.24) is 20.3 Å². The van der Waals surface area contributed by atoms with Crippen molar-refractivity contribution in [2.45, 2.75) is 32.0 Å². The van der Waals surface area contributed by atoms with E-state index in [2.05, 4.69) is 27.8 Å². The van der Waals surface area contributed by atoms with E-state index in [9.17, 15) is 4.79 Å². The lowest BCUT2D eigenvalue weighted by Crippen LogP contribution is -2.37. The Morgan fingerprint density at radius 3 is 2.61 bits per heavy atom. The minimum Gasteiger partial charge on any atom is -0.373 e. The van der Waals surface area contributed by atoms with Gasteiger partial charge in [0.1, 0.15) is 5.69 Å². The van der Waals surface area contributed by atoms with Crippen molar-refractivity contribution in [3.8, 4) is 0 Å². The van der Waals surface area contributed by atoms with Crippen LogP contribution in [0.2, 0.25) is 0 Å². The van der Waals surface area contributed by atoms with Crippen LogP contribution in [-0.4, -0.2) is 27.5 Å². The van der Waals surface area contributed by atoms with Crippen LogP contribution < -0.4 is 5.32 Å². The zero-order valence-electron chi connectivity index (χ0n) is 15.7. The lowest BCUT2D eigenvalue weighted by atomic mass is 9.94. The normalized spacial score (nSPS) is 20.6. The summed E-state index contributed by atoms with van der Waals surface area (Å²) in [5.74, 6) is -0.108. The third-order valence-electron chi connectivity index (χ3n) is 5.04. The molecule has 1 N–H and O–H groups in total. The summed E-state index contributed by atoms with van der Waals surface area (Å²) in [6.45, 7) is 1.42. The first-order valence-electron chi connectivity index (χ1n) is 9.64. The molecule has 0 aliphatic carbocycles. The molecule has 2 aromatic carbocycles. The molecule has 0 saturated heterocycles. The summed E-state index contributed by atoms with van der Waals surface area (Å²) in [7, 11) is 0. The number of aryl methyl sites for hydroxylation is 1. The standard InChI is InChI=1S/C22H24N4O2/c27-22-19(13-17-7-3-1-4-8-17)11-12-26-14-20(24-25-26)15-28-16-21(23-22)18-9-5-2-6-10-18/h1-10,14,19,21H,11-13,15-16H2,(H,23,27)/t19-,21-/m1/s1. The fourth-order valence-corrected chi connectivity index (χ4v) is 3.50. The number of hydrogen-bond donors (Lipinski definition) is 1. The van der Waals surface area contributed by atoms with Gasteiger partial charge in [-0.3, -0.25) is 9.48 Å². The summed E-state index contributed by atoms with van der Waals surface area (Å²) in [6, 6.07) is 19.9. The summed E-state index contributed by atoms with van der Waals surface area (Å²) < 4.78 is 7.63. The molecule has 2 bridgehead atoms. The molecule has 1 aliphatic rings. The van der Waals surface area contributed by atoms with Crippen molar-refractivity contribution < 1.29 is 9.53 Å². The average molecular weight is 376 g/mol. The molecular formula is C22H24N4O2. The third-order valence-corrected chi connectivity index (χ3v) is 5.04. The highest BCUT2D eigenvalue weighted by atomic mass is 16.5. The Hall–Kier alpha value is -2.99.